The van der Waals surface area contributed by atoms with Crippen LogP contribution in [-0.4, -0.2) is 87.0 Å². The Hall–Kier alpha value is -3.74. The van der Waals surface area contributed by atoms with E-state index in [9.17, 15) is 19.5 Å². The number of benzene rings is 2. The fourth-order valence-corrected chi connectivity index (χ4v) is 5.79. The molecule has 2 fully saturated rings. The molecule has 0 radical (unpaired) electrons. The number of urea groups is 1. The standard InChI is InChI=1S/C31H38ClN5O4/c1-3-5-9-25(18-32)20-34-21-28-36(27(30(34)40)17-23-12-14-26(38)15-13-23)29(39)22-35(16-4-2)37(28)31(41)33-19-24-10-7-6-8-11-24/h2,6-8,10-15,25,27-28,38H,3,5,9,16-22H2,1H3,(H,33,41)/t25?,27-,28-/m0/s1. The van der Waals surface area contributed by atoms with E-state index in [1.54, 1.807) is 39.1 Å². The molecule has 1 unspecified atom stereocenters. The molecule has 9 nitrogen and oxygen atoms in total. The highest BCUT2D eigenvalue weighted by molar-refractivity contribution is 6.18. The number of alkyl halides is 1. The first-order valence-electron chi connectivity index (χ1n) is 14.1. The molecular formula is C31H38ClN5O4. The van der Waals surface area contributed by atoms with Gasteiger partial charge in [0.05, 0.1) is 19.6 Å². The lowest BCUT2D eigenvalue weighted by Crippen LogP contribution is -2.77. The van der Waals surface area contributed by atoms with Crippen LogP contribution in [0.5, 0.6) is 5.75 Å². The number of unbranched alkanes of at least 4 members (excludes halogenated alkanes) is 1. The predicted octanol–water partition coefficient (Wildman–Crippen LogP) is 3.42. The lowest BCUT2D eigenvalue weighted by atomic mass is 9.96. The molecule has 218 valence electrons. The fourth-order valence-electron chi connectivity index (χ4n) is 5.53. The van der Waals surface area contributed by atoms with Crippen molar-refractivity contribution in [3.63, 3.8) is 0 Å². The molecule has 2 aliphatic heterocycles. The quantitative estimate of drug-likeness (QED) is 0.314. The number of halogens is 1. The first-order chi connectivity index (χ1) is 19.9. The molecule has 4 rings (SSSR count). The number of nitrogens with zero attached hydrogens (tertiary/aromatic N) is 4. The van der Waals surface area contributed by atoms with Crippen LogP contribution < -0.4 is 5.32 Å². The van der Waals surface area contributed by atoms with Crippen LogP contribution in [0.15, 0.2) is 54.6 Å². The molecule has 2 aliphatic rings. The van der Waals surface area contributed by atoms with Gasteiger partial charge in [0, 0.05) is 25.4 Å². The highest BCUT2D eigenvalue weighted by atomic mass is 35.5. The van der Waals surface area contributed by atoms with Gasteiger partial charge in [-0.05, 0) is 35.6 Å². The van der Waals surface area contributed by atoms with Crippen molar-refractivity contribution >= 4 is 29.4 Å². The van der Waals surface area contributed by atoms with Gasteiger partial charge in [-0.25, -0.2) is 9.80 Å². The molecule has 41 heavy (non-hydrogen) atoms. The molecular weight excluding hydrogens is 542 g/mol. The number of rotatable bonds is 11. The zero-order valence-corrected chi connectivity index (χ0v) is 24.2. The highest BCUT2D eigenvalue weighted by Gasteiger charge is 2.51. The second-order valence-electron chi connectivity index (χ2n) is 10.6. The SMILES string of the molecule is C#CCN1CC(=O)N2[C@@H](Cc3ccc(O)cc3)C(=O)N(CC(CCl)CCCC)C[C@@H]2N1C(=O)NCc1ccccc1. The maximum atomic E-state index is 14.0. The lowest BCUT2D eigenvalue weighted by molar-refractivity contribution is -0.189. The van der Waals surface area contributed by atoms with Gasteiger partial charge in [-0.3, -0.25) is 9.59 Å². The first kappa shape index (κ1) is 30.2. The van der Waals surface area contributed by atoms with Crippen molar-refractivity contribution in [2.24, 2.45) is 5.92 Å². The molecule has 0 saturated carbocycles. The van der Waals surface area contributed by atoms with Gasteiger partial charge in [0.25, 0.3) is 0 Å². The van der Waals surface area contributed by atoms with E-state index in [0.29, 0.717) is 19.0 Å². The molecule has 3 atom stereocenters. The molecule has 2 aromatic carbocycles. The summed E-state index contributed by atoms with van der Waals surface area (Å²) in [5.74, 6) is 2.73. The number of aromatic hydroxyl groups is 1. The Labute approximate surface area is 247 Å². The highest BCUT2D eigenvalue weighted by Crippen LogP contribution is 2.29. The normalized spacial score (nSPS) is 20.0. The van der Waals surface area contributed by atoms with Gasteiger partial charge in [0.2, 0.25) is 11.8 Å². The molecule has 0 bridgehead atoms. The maximum Gasteiger partial charge on any atom is 0.334 e. The maximum absolute atomic E-state index is 14.0. The molecule has 10 heteroatoms. The Morgan fingerprint density at radius 2 is 1.88 bits per heavy atom. The van der Waals surface area contributed by atoms with Gasteiger partial charge >= 0.3 is 6.03 Å². The minimum absolute atomic E-state index is 0.0617. The first-order valence-corrected chi connectivity index (χ1v) is 14.6. The molecule has 0 spiro atoms. The number of nitrogens with one attached hydrogen (secondary N) is 1. The topological polar surface area (TPSA) is 96.4 Å². The number of hydrogen-bond donors (Lipinski definition) is 2. The molecule has 0 aromatic heterocycles. The van der Waals surface area contributed by atoms with Gasteiger partial charge in [0.1, 0.15) is 18.0 Å². The van der Waals surface area contributed by atoms with E-state index >= 15 is 0 Å². The minimum atomic E-state index is -0.828. The summed E-state index contributed by atoms with van der Waals surface area (Å²) in [6.45, 7) is 2.93. The smallest absolute Gasteiger partial charge is 0.334 e. The summed E-state index contributed by atoms with van der Waals surface area (Å²) in [7, 11) is 0. The zero-order valence-electron chi connectivity index (χ0n) is 23.4. The van der Waals surface area contributed by atoms with Crippen LogP contribution in [0.2, 0.25) is 0 Å². The Morgan fingerprint density at radius 1 is 1.15 bits per heavy atom. The average molecular weight is 580 g/mol. The molecule has 2 N–H and O–H groups in total. The Balaban J connectivity index is 1.67. The van der Waals surface area contributed by atoms with Crippen molar-refractivity contribution in [3.05, 3.63) is 65.7 Å². The third-order valence-electron chi connectivity index (χ3n) is 7.63. The number of carbonyl (C=O) groups excluding carboxylic acids is 3. The Bertz CT molecular complexity index is 1240. The number of fused-ring (bicyclic) bond motifs is 1. The molecule has 4 amide bonds. The van der Waals surface area contributed by atoms with Crippen LogP contribution in [0.1, 0.15) is 37.3 Å². The van der Waals surface area contributed by atoms with Crippen LogP contribution in [0.25, 0.3) is 0 Å². The average Bonchev–Trinajstić information content (AvgIpc) is 2.97. The van der Waals surface area contributed by atoms with Gasteiger partial charge in [0.15, 0.2) is 0 Å². The van der Waals surface area contributed by atoms with E-state index in [1.165, 1.54) is 5.01 Å². The van der Waals surface area contributed by atoms with Crippen molar-refractivity contribution in [2.75, 3.05) is 32.1 Å². The van der Waals surface area contributed by atoms with Crippen molar-refractivity contribution in [3.8, 4) is 18.1 Å². The number of terminal acetylenes is 1. The summed E-state index contributed by atoms with van der Waals surface area (Å²) in [5.41, 5.74) is 1.72. The van der Waals surface area contributed by atoms with E-state index in [4.69, 9.17) is 18.0 Å². The number of phenolic OH excluding ortho intramolecular Hbond substituents is 1. The fraction of sp³-hybridized carbons (Fsp3) is 0.452. The molecule has 0 aliphatic carbocycles. The van der Waals surface area contributed by atoms with Crippen LogP contribution in [0.4, 0.5) is 4.79 Å². The summed E-state index contributed by atoms with van der Waals surface area (Å²) in [4.78, 5) is 44.6. The van der Waals surface area contributed by atoms with Gasteiger partial charge < -0.3 is 20.2 Å². The summed E-state index contributed by atoms with van der Waals surface area (Å²) in [6.07, 6.45) is 8.04. The monoisotopic (exact) mass is 579 g/mol. The second kappa shape index (κ2) is 14.2. The number of piperazine rings is 1. The van der Waals surface area contributed by atoms with Gasteiger partial charge in [-0.1, -0.05) is 68.2 Å². The number of phenols is 1. The number of carbonyl (C=O) groups is 3. The Morgan fingerprint density at radius 3 is 2.54 bits per heavy atom. The van der Waals surface area contributed by atoms with Crippen molar-refractivity contribution < 1.29 is 19.5 Å². The van der Waals surface area contributed by atoms with Crippen LogP contribution >= 0.6 is 11.6 Å². The molecule has 2 heterocycles. The van der Waals surface area contributed by atoms with Gasteiger partial charge in [-0.15, -0.1) is 18.0 Å². The van der Waals surface area contributed by atoms with Crippen molar-refractivity contribution in [2.45, 2.75) is 51.4 Å². The Kier molecular flexibility index (Phi) is 10.5. The predicted molar refractivity (Wildman–Crippen MR) is 157 cm³/mol. The number of amides is 4. The molecule has 2 saturated heterocycles. The van der Waals surface area contributed by atoms with E-state index < -0.39 is 18.2 Å². The number of hydrazine groups is 1. The lowest BCUT2D eigenvalue weighted by Gasteiger charge is -2.55. The third-order valence-corrected chi connectivity index (χ3v) is 8.06. The summed E-state index contributed by atoms with van der Waals surface area (Å²) in [6, 6.07) is 14.9. The summed E-state index contributed by atoms with van der Waals surface area (Å²) in [5, 5.41) is 15.8. The van der Waals surface area contributed by atoms with Crippen molar-refractivity contribution in [1.29, 1.82) is 0 Å². The third kappa shape index (κ3) is 7.32. The van der Waals surface area contributed by atoms with Crippen LogP contribution in [0, 0.1) is 18.3 Å². The van der Waals surface area contributed by atoms with Crippen molar-refractivity contribution in [1.82, 2.24) is 25.1 Å². The van der Waals surface area contributed by atoms with Crippen LogP contribution in [-0.2, 0) is 22.6 Å². The van der Waals surface area contributed by atoms with E-state index in [0.717, 1.165) is 30.4 Å². The van der Waals surface area contributed by atoms with E-state index in [-0.39, 0.29) is 49.5 Å². The summed E-state index contributed by atoms with van der Waals surface area (Å²) < 4.78 is 0. The second-order valence-corrected chi connectivity index (χ2v) is 10.9. The summed E-state index contributed by atoms with van der Waals surface area (Å²) >= 11 is 6.32. The largest absolute Gasteiger partial charge is 0.508 e. The minimum Gasteiger partial charge on any atom is -0.508 e. The van der Waals surface area contributed by atoms with E-state index in [1.807, 2.05) is 30.3 Å². The molecule has 2 aromatic rings. The van der Waals surface area contributed by atoms with Crippen LogP contribution in [0.3, 0.4) is 0 Å². The van der Waals surface area contributed by atoms with E-state index in [2.05, 4.69) is 18.2 Å². The van der Waals surface area contributed by atoms with Gasteiger partial charge in [-0.2, -0.15) is 5.01 Å². The number of hydrogen-bond acceptors (Lipinski definition) is 5. The zero-order chi connectivity index (χ0) is 29.4.